The van der Waals surface area contributed by atoms with E-state index in [-0.39, 0.29) is 59.2 Å². The van der Waals surface area contributed by atoms with E-state index in [1.165, 1.54) is 24.3 Å². The third-order valence-corrected chi connectivity index (χ3v) is 13.1. The van der Waals surface area contributed by atoms with Crippen molar-refractivity contribution in [3.8, 4) is 5.75 Å². The van der Waals surface area contributed by atoms with E-state index in [0.29, 0.717) is 12.8 Å². The largest absolute Gasteiger partial charge is 0.507 e. The number of hydrogen-bond donors (Lipinski definition) is 3. The van der Waals surface area contributed by atoms with Gasteiger partial charge in [-0.15, -0.1) is 0 Å². The first-order valence-corrected chi connectivity index (χ1v) is 20.3. The molecular weight excluding hydrogens is 772 g/mol. The first-order chi connectivity index (χ1) is 27.9. The number of Topliss-reactive ketones (excluding diaryl/α,β-unsaturated/α-hetero) is 4. The van der Waals surface area contributed by atoms with Gasteiger partial charge in [0.1, 0.15) is 35.8 Å². The van der Waals surface area contributed by atoms with Gasteiger partial charge in [-0.3, -0.25) is 24.0 Å². The molecule has 4 saturated heterocycles. The smallest absolute Gasteiger partial charge is 0.198 e. The van der Waals surface area contributed by atoms with Gasteiger partial charge in [-0.05, 0) is 65.3 Å². The monoisotopic (exact) mass is 820 g/mol. The minimum absolute atomic E-state index is 0.101. The number of aromatic hydroxyl groups is 1. The van der Waals surface area contributed by atoms with Crippen molar-refractivity contribution in [3.05, 3.63) is 64.3 Å². The first-order valence-electron chi connectivity index (χ1n) is 20.3. The molecule has 0 unspecified atom stereocenters. The van der Waals surface area contributed by atoms with Crippen molar-refractivity contribution in [2.75, 3.05) is 0 Å². The Balaban J connectivity index is 0.912. The van der Waals surface area contributed by atoms with E-state index in [1.54, 1.807) is 40.7 Å². The lowest BCUT2D eigenvalue weighted by atomic mass is 9.57. The molecule has 1 aromatic carbocycles. The summed E-state index contributed by atoms with van der Waals surface area (Å²) < 4.78 is 48.6. The fourth-order valence-corrected chi connectivity index (χ4v) is 10.0. The number of phenols is 1. The fraction of sp³-hybridized carbons (Fsp3) is 0.605. The summed E-state index contributed by atoms with van der Waals surface area (Å²) >= 11 is 0. The van der Waals surface area contributed by atoms with Gasteiger partial charge >= 0.3 is 0 Å². The maximum Gasteiger partial charge on any atom is 0.198 e. The van der Waals surface area contributed by atoms with Crippen LogP contribution in [0.2, 0.25) is 0 Å². The Morgan fingerprint density at radius 1 is 0.831 bits per heavy atom. The predicted octanol–water partition coefficient (Wildman–Crippen LogP) is 2.72. The lowest BCUT2D eigenvalue weighted by molar-refractivity contribution is -0.347. The van der Waals surface area contributed by atoms with Gasteiger partial charge in [0.05, 0.1) is 47.3 Å². The standard InChI is InChI=1S/C43H48O16/c1-18-25(44)8-10-32(53-18)57-27-9-11-33(54-20(27)3)59-41(5)16-31(46)43(51)35-24(12-13-42(43,50)17-41)37(48)34-23(38(35)49)7-6-22(36(34)47)28-15-29-39(21(4)52-28)58-40-30(56-29)14-26(45)19(2)55-40/h6-8,10,12-13,18-21,27-30,32-33,39-40,47,50-51H,9,11,14-17H2,1-5H3/t18-,19-,20+,21+,27-,28+,29+,30+,32+,33-,39+,40+,41+,42-,43-/m0/s1. The fourth-order valence-electron chi connectivity index (χ4n) is 10.0. The molecule has 0 radical (unpaired) electrons. The third kappa shape index (κ3) is 6.54. The molecular formula is C43H48O16. The highest BCUT2D eigenvalue weighted by molar-refractivity contribution is 6.32. The number of fused-ring (bicyclic) bond motifs is 5. The maximum atomic E-state index is 14.4. The van der Waals surface area contributed by atoms with E-state index in [2.05, 4.69) is 0 Å². The van der Waals surface area contributed by atoms with Crippen molar-refractivity contribution in [1.82, 2.24) is 0 Å². The van der Waals surface area contributed by atoms with Crippen LogP contribution in [0, 0.1) is 0 Å². The minimum Gasteiger partial charge on any atom is -0.507 e. The summed E-state index contributed by atoms with van der Waals surface area (Å²) in [4.78, 5) is 66.9. The highest BCUT2D eigenvalue weighted by atomic mass is 16.7. The van der Waals surface area contributed by atoms with Crippen LogP contribution in [0.3, 0.4) is 0 Å². The first kappa shape index (κ1) is 40.6. The van der Waals surface area contributed by atoms with Gasteiger partial charge in [0.15, 0.2) is 53.4 Å². The van der Waals surface area contributed by atoms with Crippen LogP contribution in [-0.2, 0) is 52.3 Å². The number of aliphatic hydroxyl groups is 2. The van der Waals surface area contributed by atoms with Crippen molar-refractivity contribution in [2.24, 2.45) is 0 Å². The number of allylic oxidation sites excluding steroid dienone is 2. The summed E-state index contributed by atoms with van der Waals surface area (Å²) in [6.07, 6.45) is -1.64. The molecule has 8 aliphatic rings. The normalized spacial score (nSPS) is 44.4. The summed E-state index contributed by atoms with van der Waals surface area (Å²) in [5, 5.41) is 36.1. The number of carbonyl (C=O) groups excluding carboxylic acids is 5. The van der Waals surface area contributed by atoms with E-state index in [0.717, 1.165) is 6.08 Å². The number of hydrogen-bond acceptors (Lipinski definition) is 16. The Labute approximate surface area is 339 Å². The molecule has 3 aliphatic carbocycles. The van der Waals surface area contributed by atoms with Crippen LogP contribution in [0.4, 0.5) is 0 Å². The highest BCUT2D eigenvalue weighted by Crippen LogP contribution is 2.53. The molecule has 5 heterocycles. The number of phenolic OH excluding ortho intramolecular Hbond substituents is 1. The van der Waals surface area contributed by atoms with Gasteiger partial charge < -0.3 is 53.2 Å². The van der Waals surface area contributed by atoms with Gasteiger partial charge in [0, 0.05) is 48.8 Å². The summed E-state index contributed by atoms with van der Waals surface area (Å²) in [5.41, 5.74) is -7.76. The Bertz CT molecular complexity index is 2110. The number of ether oxygens (including phenoxy) is 8. The van der Waals surface area contributed by atoms with Gasteiger partial charge in [-0.2, -0.15) is 0 Å². The van der Waals surface area contributed by atoms with Gasteiger partial charge in [0.2, 0.25) is 0 Å². The average molecular weight is 821 g/mol. The minimum atomic E-state index is -2.81. The molecule has 5 aliphatic heterocycles. The predicted molar refractivity (Wildman–Crippen MR) is 199 cm³/mol. The molecule has 316 valence electrons. The Hall–Kier alpha value is -3.81. The topological polar surface area (TPSA) is 220 Å². The second-order valence-electron chi connectivity index (χ2n) is 17.3. The molecule has 0 amide bonds. The van der Waals surface area contributed by atoms with Crippen molar-refractivity contribution < 1.29 is 77.2 Å². The van der Waals surface area contributed by atoms with Gasteiger partial charge in [0.25, 0.3) is 0 Å². The van der Waals surface area contributed by atoms with E-state index >= 15 is 0 Å². The SMILES string of the molecule is C[C@@H]1O[C@H](O[C@H]2CC[C@H](O[C@]3(C)CC(=O)[C@]4(O)C5=C(C=C[C@]4(O)C3)C(=O)c3c(ccc([C@H]4C[C@H]6O[C@@H]7CC(=O)[C@H](C)O[C@@H]7O[C@@H]6[C@@H](C)O4)c3O)C5=O)O[C@@H]2C)C=CC1=O. The molecule has 15 atom stereocenters. The zero-order chi connectivity index (χ0) is 41.9. The molecule has 59 heavy (non-hydrogen) atoms. The number of rotatable bonds is 5. The summed E-state index contributed by atoms with van der Waals surface area (Å²) in [6.45, 7) is 8.50. The number of ketones is 5. The van der Waals surface area contributed by atoms with Crippen LogP contribution in [0.5, 0.6) is 5.75 Å². The van der Waals surface area contributed by atoms with Crippen molar-refractivity contribution in [3.63, 3.8) is 0 Å². The second-order valence-corrected chi connectivity index (χ2v) is 17.3. The lowest BCUT2D eigenvalue weighted by Crippen LogP contribution is -2.69. The zero-order valence-electron chi connectivity index (χ0n) is 33.3. The Morgan fingerprint density at radius 3 is 2.36 bits per heavy atom. The molecule has 16 nitrogen and oxygen atoms in total. The molecule has 0 spiro atoms. The van der Waals surface area contributed by atoms with E-state index in [1.807, 2.05) is 0 Å². The molecule has 1 saturated carbocycles. The van der Waals surface area contributed by atoms with Gasteiger partial charge in [-0.25, -0.2) is 0 Å². The second kappa shape index (κ2) is 14.4. The quantitative estimate of drug-likeness (QED) is 0.389. The molecule has 1 aromatic rings. The van der Waals surface area contributed by atoms with E-state index < -0.39 is 120 Å². The molecule has 16 heteroatoms. The molecule has 0 bridgehead atoms. The zero-order valence-corrected chi connectivity index (χ0v) is 33.3. The van der Waals surface area contributed by atoms with Crippen LogP contribution in [0.25, 0.3) is 0 Å². The Morgan fingerprint density at radius 2 is 1.61 bits per heavy atom. The third-order valence-electron chi connectivity index (χ3n) is 13.1. The van der Waals surface area contributed by atoms with Gasteiger partial charge in [-0.1, -0.05) is 12.1 Å². The van der Waals surface area contributed by atoms with Crippen molar-refractivity contribution >= 4 is 28.9 Å². The number of benzene rings is 1. The van der Waals surface area contributed by atoms with Crippen LogP contribution in [-0.4, -0.2) is 129 Å². The van der Waals surface area contributed by atoms with E-state index in [9.17, 15) is 39.3 Å². The van der Waals surface area contributed by atoms with Crippen molar-refractivity contribution in [2.45, 2.75) is 164 Å². The van der Waals surface area contributed by atoms with Crippen LogP contribution in [0.1, 0.15) is 106 Å². The highest BCUT2D eigenvalue weighted by Gasteiger charge is 2.67. The molecule has 3 N–H and O–H groups in total. The Kier molecular flexibility index (Phi) is 9.90. The van der Waals surface area contributed by atoms with Crippen molar-refractivity contribution in [1.29, 1.82) is 0 Å². The lowest BCUT2D eigenvalue weighted by Gasteiger charge is -2.53. The average Bonchev–Trinajstić information content (AvgIpc) is 3.16. The molecule has 5 fully saturated rings. The molecule has 0 aromatic heterocycles. The van der Waals surface area contributed by atoms with Crippen LogP contribution in [0.15, 0.2) is 47.6 Å². The van der Waals surface area contributed by atoms with E-state index in [4.69, 9.17) is 37.9 Å². The van der Waals surface area contributed by atoms with Crippen LogP contribution >= 0.6 is 0 Å². The summed E-state index contributed by atoms with van der Waals surface area (Å²) in [6, 6.07) is 2.79. The molecule has 9 rings (SSSR count). The van der Waals surface area contributed by atoms with Crippen LogP contribution < -0.4 is 0 Å². The summed E-state index contributed by atoms with van der Waals surface area (Å²) in [7, 11) is 0. The number of carbonyl (C=O) groups is 5. The maximum absolute atomic E-state index is 14.4. The summed E-state index contributed by atoms with van der Waals surface area (Å²) in [5.74, 6) is -3.39.